The number of amides is 1. The minimum atomic E-state index is 0.106. The Morgan fingerprint density at radius 3 is 2.82 bits per heavy atom. The smallest absolute Gasteiger partial charge is 0.272 e. The van der Waals surface area contributed by atoms with Gasteiger partial charge in [-0.2, -0.15) is 5.10 Å². The molecule has 4 rings (SSSR count). The summed E-state index contributed by atoms with van der Waals surface area (Å²) in [5, 5.41) is 4.52. The van der Waals surface area contributed by atoms with Crippen molar-refractivity contribution < 1.29 is 4.79 Å². The van der Waals surface area contributed by atoms with Crippen molar-refractivity contribution in [3.05, 3.63) is 54.2 Å². The van der Waals surface area contributed by atoms with E-state index in [0.29, 0.717) is 11.7 Å². The van der Waals surface area contributed by atoms with Gasteiger partial charge in [0.05, 0.1) is 11.7 Å². The second-order valence-electron chi connectivity index (χ2n) is 6.08. The van der Waals surface area contributed by atoms with Gasteiger partial charge < -0.3 is 4.90 Å². The van der Waals surface area contributed by atoms with Crippen LogP contribution in [0, 0.1) is 0 Å². The molecule has 2 aliphatic heterocycles. The quantitative estimate of drug-likeness (QED) is 0.798. The Hall–Kier alpha value is -2.36. The zero-order chi connectivity index (χ0) is 15.1. The Morgan fingerprint density at radius 1 is 1.23 bits per heavy atom. The predicted octanol–water partition coefficient (Wildman–Crippen LogP) is 3.02. The van der Waals surface area contributed by atoms with Crippen LogP contribution in [0.2, 0.25) is 0 Å². The van der Waals surface area contributed by atoms with Crippen molar-refractivity contribution in [2.24, 2.45) is 7.05 Å². The summed E-state index contributed by atoms with van der Waals surface area (Å²) in [5.74, 6) is 0.106. The first-order chi connectivity index (χ1) is 10.7. The van der Waals surface area contributed by atoms with Crippen LogP contribution in [-0.4, -0.2) is 32.7 Å². The van der Waals surface area contributed by atoms with E-state index in [1.807, 2.05) is 48.3 Å². The fraction of sp³-hybridized carbons (Fsp3) is 0.333. The minimum Gasteiger partial charge on any atom is -0.328 e. The summed E-state index contributed by atoms with van der Waals surface area (Å²) in [6.45, 7) is 0. The number of hydrogen-bond donors (Lipinski definition) is 0. The van der Waals surface area contributed by atoms with Crippen LogP contribution in [0.25, 0.3) is 11.3 Å². The van der Waals surface area contributed by atoms with Crippen molar-refractivity contribution in [2.45, 2.75) is 31.3 Å². The maximum atomic E-state index is 13.0. The maximum Gasteiger partial charge on any atom is 0.272 e. The number of aromatic nitrogens is 2. The van der Waals surface area contributed by atoms with E-state index in [1.165, 1.54) is 0 Å². The van der Waals surface area contributed by atoms with E-state index in [1.54, 1.807) is 4.68 Å². The second kappa shape index (κ2) is 5.13. The lowest BCUT2D eigenvalue weighted by Crippen LogP contribution is -2.42. The van der Waals surface area contributed by atoms with Gasteiger partial charge in [-0.25, -0.2) is 0 Å². The SMILES string of the molecule is Cn1nc(-c2ccccc2)cc1C(=O)N1[C@H]2CC=C[C@H]1CC2. The fourth-order valence-corrected chi connectivity index (χ4v) is 3.59. The van der Waals surface area contributed by atoms with Gasteiger partial charge >= 0.3 is 0 Å². The highest BCUT2D eigenvalue weighted by atomic mass is 16.2. The van der Waals surface area contributed by atoms with Crippen LogP contribution in [0.3, 0.4) is 0 Å². The van der Waals surface area contributed by atoms with Crippen molar-refractivity contribution in [1.29, 1.82) is 0 Å². The van der Waals surface area contributed by atoms with Gasteiger partial charge in [0.25, 0.3) is 5.91 Å². The summed E-state index contributed by atoms with van der Waals surface area (Å²) >= 11 is 0. The topological polar surface area (TPSA) is 38.1 Å². The Bertz CT molecular complexity index is 732. The molecule has 4 heteroatoms. The zero-order valence-corrected chi connectivity index (χ0v) is 12.6. The van der Waals surface area contributed by atoms with Crippen molar-refractivity contribution >= 4 is 5.91 Å². The van der Waals surface area contributed by atoms with Crippen LogP contribution in [0.15, 0.2) is 48.6 Å². The number of benzene rings is 1. The van der Waals surface area contributed by atoms with Gasteiger partial charge in [0.2, 0.25) is 0 Å². The van der Waals surface area contributed by atoms with Crippen LogP contribution in [0.4, 0.5) is 0 Å². The van der Waals surface area contributed by atoms with Crippen molar-refractivity contribution in [1.82, 2.24) is 14.7 Å². The molecule has 1 amide bonds. The summed E-state index contributed by atoms with van der Waals surface area (Å²) in [4.78, 5) is 15.0. The number of carbonyl (C=O) groups is 1. The second-order valence-corrected chi connectivity index (χ2v) is 6.08. The highest BCUT2D eigenvalue weighted by Gasteiger charge is 2.38. The molecule has 1 fully saturated rings. The monoisotopic (exact) mass is 293 g/mol. The molecule has 2 atom stereocenters. The number of hydrogen-bond acceptors (Lipinski definition) is 2. The van der Waals surface area contributed by atoms with E-state index in [-0.39, 0.29) is 11.9 Å². The summed E-state index contributed by atoms with van der Waals surface area (Å²) in [5.41, 5.74) is 2.57. The number of rotatable bonds is 2. The van der Waals surface area contributed by atoms with Crippen LogP contribution < -0.4 is 0 Å². The maximum absolute atomic E-state index is 13.0. The Kier molecular flexibility index (Phi) is 3.10. The lowest BCUT2D eigenvalue weighted by Gasteiger charge is -2.31. The molecule has 1 saturated heterocycles. The number of fused-ring (bicyclic) bond motifs is 2. The van der Waals surface area contributed by atoms with Crippen molar-refractivity contribution in [2.75, 3.05) is 0 Å². The molecular weight excluding hydrogens is 274 g/mol. The largest absolute Gasteiger partial charge is 0.328 e. The Balaban J connectivity index is 1.67. The molecule has 1 aromatic heterocycles. The van der Waals surface area contributed by atoms with Gasteiger partial charge in [0.15, 0.2) is 0 Å². The van der Waals surface area contributed by atoms with Gasteiger partial charge in [0.1, 0.15) is 5.69 Å². The van der Waals surface area contributed by atoms with E-state index < -0.39 is 0 Å². The molecule has 1 aromatic carbocycles. The molecule has 0 aliphatic carbocycles. The molecule has 2 aliphatic rings. The van der Waals surface area contributed by atoms with E-state index in [9.17, 15) is 4.79 Å². The third-order valence-corrected chi connectivity index (χ3v) is 4.72. The van der Waals surface area contributed by atoms with E-state index in [0.717, 1.165) is 30.5 Å². The normalized spacial score (nSPS) is 23.0. The first-order valence-corrected chi connectivity index (χ1v) is 7.83. The van der Waals surface area contributed by atoms with Crippen LogP contribution >= 0.6 is 0 Å². The standard InChI is InChI=1S/C18H19N3O/c1-20-17(12-16(19-20)13-6-3-2-4-7-13)18(22)21-14-8-5-9-15(21)11-10-14/h2-8,12,14-15H,9-11H2,1H3/t14-,15-/m0/s1. The molecule has 3 heterocycles. The molecule has 2 aromatic rings. The molecule has 0 spiro atoms. The van der Waals surface area contributed by atoms with E-state index in [2.05, 4.69) is 17.3 Å². The third kappa shape index (κ3) is 2.06. The molecule has 0 N–H and O–H groups in total. The number of nitrogens with zero attached hydrogens (tertiary/aromatic N) is 3. The summed E-state index contributed by atoms with van der Waals surface area (Å²) in [6.07, 6.45) is 7.55. The predicted molar refractivity (Wildman–Crippen MR) is 85.4 cm³/mol. The van der Waals surface area contributed by atoms with Crippen LogP contribution in [-0.2, 0) is 7.05 Å². The molecule has 0 unspecified atom stereocenters. The lowest BCUT2D eigenvalue weighted by atomic mass is 10.1. The van der Waals surface area contributed by atoms with Gasteiger partial charge in [-0.05, 0) is 25.3 Å². The Labute approximate surface area is 130 Å². The van der Waals surface area contributed by atoms with Gasteiger partial charge in [-0.15, -0.1) is 0 Å². The minimum absolute atomic E-state index is 0.106. The van der Waals surface area contributed by atoms with Gasteiger partial charge in [-0.3, -0.25) is 9.48 Å². The zero-order valence-electron chi connectivity index (χ0n) is 12.6. The summed E-state index contributed by atoms with van der Waals surface area (Å²) in [7, 11) is 1.85. The highest BCUT2D eigenvalue weighted by molar-refractivity contribution is 5.94. The molecule has 112 valence electrons. The molecule has 0 saturated carbocycles. The highest BCUT2D eigenvalue weighted by Crippen LogP contribution is 2.33. The Morgan fingerprint density at radius 2 is 2.05 bits per heavy atom. The van der Waals surface area contributed by atoms with Crippen molar-refractivity contribution in [3.63, 3.8) is 0 Å². The average molecular weight is 293 g/mol. The van der Waals surface area contributed by atoms with E-state index >= 15 is 0 Å². The van der Waals surface area contributed by atoms with Crippen molar-refractivity contribution in [3.8, 4) is 11.3 Å². The van der Waals surface area contributed by atoms with Crippen LogP contribution in [0.5, 0.6) is 0 Å². The molecule has 4 nitrogen and oxygen atoms in total. The van der Waals surface area contributed by atoms with E-state index in [4.69, 9.17) is 0 Å². The summed E-state index contributed by atoms with van der Waals surface area (Å²) in [6, 6.07) is 12.5. The lowest BCUT2D eigenvalue weighted by molar-refractivity contribution is 0.0677. The van der Waals surface area contributed by atoms with Crippen LogP contribution in [0.1, 0.15) is 29.8 Å². The van der Waals surface area contributed by atoms with Gasteiger partial charge in [0, 0.05) is 18.7 Å². The summed E-state index contributed by atoms with van der Waals surface area (Å²) < 4.78 is 1.71. The van der Waals surface area contributed by atoms with Gasteiger partial charge in [-0.1, -0.05) is 42.5 Å². The molecule has 0 radical (unpaired) electrons. The fourth-order valence-electron chi connectivity index (χ4n) is 3.59. The number of aryl methyl sites for hydroxylation is 1. The average Bonchev–Trinajstić information content (AvgIpc) is 3.05. The first-order valence-electron chi connectivity index (χ1n) is 7.83. The number of carbonyl (C=O) groups excluding carboxylic acids is 1. The molecule has 2 bridgehead atoms. The first kappa shape index (κ1) is 13.3. The molecule has 22 heavy (non-hydrogen) atoms. The molecular formula is C18H19N3O. The third-order valence-electron chi connectivity index (χ3n) is 4.72.